The predicted molar refractivity (Wildman–Crippen MR) is 89.1 cm³/mol. The molecule has 0 spiro atoms. The first-order chi connectivity index (χ1) is 10.0. The number of nitrogen functional groups attached to an aromatic ring is 1. The van der Waals surface area contributed by atoms with Gasteiger partial charge in [0.25, 0.3) is 0 Å². The Morgan fingerprint density at radius 1 is 1.29 bits per heavy atom. The van der Waals surface area contributed by atoms with Gasteiger partial charge in [-0.25, -0.2) is 13.1 Å². The van der Waals surface area contributed by atoms with Gasteiger partial charge in [-0.15, -0.1) is 11.8 Å². The zero-order valence-electron chi connectivity index (χ0n) is 12.4. The Bertz CT molecular complexity index is 507. The van der Waals surface area contributed by atoms with Crippen molar-refractivity contribution in [2.75, 3.05) is 37.5 Å². The quantitative estimate of drug-likeness (QED) is 0.368. The fourth-order valence-corrected chi connectivity index (χ4v) is 4.16. The average molecular weight is 332 g/mol. The number of anilines is 1. The molecule has 1 rings (SSSR count). The van der Waals surface area contributed by atoms with Crippen LogP contribution in [0.15, 0.2) is 29.2 Å². The Morgan fingerprint density at radius 3 is 2.81 bits per heavy atom. The van der Waals surface area contributed by atoms with Crippen LogP contribution in [-0.4, -0.2) is 40.2 Å². The highest BCUT2D eigenvalue weighted by Gasteiger charge is 2.09. The molecule has 7 heteroatoms. The van der Waals surface area contributed by atoms with E-state index in [0.29, 0.717) is 18.0 Å². The van der Waals surface area contributed by atoms with Gasteiger partial charge >= 0.3 is 0 Å². The summed E-state index contributed by atoms with van der Waals surface area (Å²) < 4.78 is 31.2. The number of sulfonamides is 1. The third kappa shape index (κ3) is 8.98. The lowest BCUT2D eigenvalue weighted by molar-refractivity contribution is 0.192. The van der Waals surface area contributed by atoms with E-state index in [9.17, 15) is 8.42 Å². The second-order valence-electron chi connectivity index (χ2n) is 4.69. The zero-order valence-corrected chi connectivity index (χ0v) is 14.0. The lowest BCUT2D eigenvalue weighted by Gasteiger charge is -2.07. The molecule has 0 saturated heterocycles. The smallest absolute Gasteiger partial charge is 0.212 e. The van der Waals surface area contributed by atoms with Gasteiger partial charge in [0.1, 0.15) is 0 Å². The fraction of sp³-hybridized carbons (Fsp3) is 0.571. The molecule has 5 nitrogen and oxygen atoms in total. The summed E-state index contributed by atoms with van der Waals surface area (Å²) in [5, 5.41) is 0. The highest BCUT2D eigenvalue weighted by atomic mass is 32.2. The number of nitrogens with one attached hydrogen (secondary N) is 1. The number of hydrogen-bond acceptors (Lipinski definition) is 5. The molecule has 0 fully saturated rings. The number of rotatable bonds is 11. The molecule has 0 aliphatic rings. The van der Waals surface area contributed by atoms with Crippen LogP contribution in [0.4, 0.5) is 5.69 Å². The number of methoxy groups -OCH3 is 1. The molecular formula is C14H24N2O3S2. The van der Waals surface area contributed by atoms with E-state index >= 15 is 0 Å². The molecule has 0 aliphatic heterocycles. The van der Waals surface area contributed by atoms with Gasteiger partial charge in [-0.3, -0.25) is 0 Å². The van der Waals surface area contributed by atoms with E-state index in [4.69, 9.17) is 10.5 Å². The van der Waals surface area contributed by atoms with Gasteiger partial charge < -0.3 is 10.5 Å². The summed E-state index contributed by atoms with van der Waals surface area (Å²) in [6.45, 7) is 1.22. The Hall–Kier alpha value is -0.760. The van der Waals surface area contributed by atoms with Crippen molar-refractivity contribution >= 4 is 27.5 Å². The number of thioether (sulfide) groups is 1. The van der Waals surface area contributed by atoms with E-state index < -0.39 is 10.0 Å². The van der Waals surface area contributed by atoms with E-state index in [0.717, 1.165) is 30.8 Å². The summed E-state index contributed by atoms with van der Waals surface area (Å²) in [7, 11) is -1.52. The summed E-state index contributed by atoms with van der Waals surface area (Å²) in [6.07, 6.45) is 2.77. The standard InChI is InChI=1S/C14H24N2O3S2/c1-19-9-4-2-3-8-16-21(17,18)11-10-20-14-7-5-6-13(15)12-14/h5-7,12,16H,2-4,8-11,15H2,1H3. The SMILES string of the molecule is COCCCCCNS(=O)(=O)CCSc1cccc(N)c1. The molecule has 1 aromatic carbocycles. The van der Waals surface area contributed by atoms with Crippen LogP contribution in [0.25, 0.3) is 0 Å². The van der Waals surface area contributed by atoms with Crippen molar-refractivity contribution in [1.82, 2.24) is 4.72 Å². The van der Waals surface area contributed by atoms with E-state index in [2.05, 4.69) is 4.72 Å². The van der Waals surface area contributed by atoms with Gasteiger partial charge in [-0.05, 0) is 37.5 Å². The van der Waals surface area contributed by atoms with Gasteiger partial charge in [0, 0.05) is 36.6 Å². The van der Waals surface area contributed by atoms with Crippen molar-refractivity contribution in [2.45, 2.75) is 24.2 Å². The van der Waals surface area contributed by atoms with Gasteiger partial charge in [-0.2, -0.15) is 0 Å². The molecule has 0 amide bonds. The largest absolute Gasteiger partial charge is 0.399 e. The summed E-state index contributed by atoms with van der Waals surface area (Å²) in [6, 6.07) is 7.45. The number of unbranched alkanes of at least 4 members (excludes halogenated alkanes) is 2. The molecule has 0 atom stereocenters. The van der Waals surface area contributed by atoms with Gasteiger partial charge in [0.05, 0.1) is 5.75 Å². The maximum atomic E-state index is 11.8. The first-order valence-corrected chi connectivity index (χ1v) is 9.62. The van der Waals surface area contributed by atoms with Crippen LogP contribution in [-0.2, 0) is 14.8 Å². The zero-order chi connectivity index (χ0) is 15.6. The van der Waals surface area contributed by atoms with E-state index in [1.54, 1.807) is 7.11 Å². The third-order valence-electron chi connectivity index (χ3n) is 2.83. The molecule has 0 heterocycles. The minimum atomic E-state index is -3.19. The summed E-state index contributed by atoms with van der Waals surface area (Å²) in [4.78, 5) is 0.991. The Labute approximate surface area is 131 Å². The van der Waals surface area contributed by atoms with Gasteiger partial charge in [0.15, 0.2) is 0 Å². The monoisotopic (exact) mass is 332 g/mol. The van der Waals surface area contributed by atoms with E-state index in [1.165, 1.54) is 11.8 Å². The third-order valence-corrected chi connectivity index (χ3v) is 5.47. The van der Waals surface area contributed by atoms with Crippen LogP contribution in [0.2, 0.25) is 0 Å². The normalized spacial score (nSPS) is 11.7. The number of ether oxygens (including phenoxy) is 1. The van der Waals surface area contributed by atoms with Gasteiger partial charge in [-0.1, -0.05) is 6.07 Å². The molecule has 0 saturated carbocycles. The van der Waals surface area contributed by atoms with E-state index in [-0.39, 0.29) is 5.75 Å². The molecule has 3 N–H and O–H groups in total. The van der Waals surface area contributed by atoms with Crippen molar-refractivity contribution < 1.29 is 13.2 Å². The first-order valence-electron chi connectivity index (χ1n) is 6.98. The number of benzene rings is 1. The average Bonchev–Trinajstić information content (AvgIpc) is 2.42. The minimum absolute atomic E-state index is 0.116. The van der Waals surface area contributed by atoms with Crippen LogP contribution in [0.5, 0.6) is 0 Å². The summed E-state index contributed by atoms with van der Waals surface area (Å²) in [5.41, 5.74) is 6.37. The van der Waals surface area contributed by atoms with Crippen LogP contribution >= 0.6 is 11.8 Å². The van der Waals surface area contributed by atoms with Crippen molar-refractivity contribution in [3.8, 4) is 0 Å². The van der Waals surface area contributed by atoms with Crippen molar-refractivity contribution in [2.24, 2.45) is 0 Å². The van der Waals surface area contributed by atoms with E-state index in [1.807, 2.05) is 24.3 Å². The fourth-order valence-electron chi connectivity index (χ4n) is 1.72. The van der Waals surface area contributed by atoms with Crippen LogP contribution in [0, 0.1) is 0 Å². The highest BCUT2D eigenvalue weighted by molar-refractivity contribution is 8.00. The minimum Gasteiger partial charge on any atom is -0.399 e. The molecule has 0 aromatic heterocycles. The molecule has 21 heavy (non-hydrogen) atoms. The Kier molecular flexibility index (Phi) is 8.75. The van der Waals surface area contributed by atoms with Crippen molar-refractivity contribution in [3.63, 3.8) is 0 Å². The Morgan fingerprint density at radius 2 is 2.10 bits per heavy atom. The van der Waals surface area contributed by atoms with Crippen LogP contribution in [0.3, 0.4) is 0 Å². The number of hydrogen-bond donors (Lipinski definition) is 2. The first kappa shape index (κ1) is 18.3. The Balaban J connectivity index is 2.17. The molecule has 0 radical (unpaired) electrons. The van der Waals surface area contributed by atoms with Crippen LogP contribution in [0.1, 0.15) is 19.3 Å². The highest BCUT2D eigenvalue weighted by Crippen LogP contribution is 2.20. The molecular weight excluding hydrogens is 308 g/mol. The topological polar surface area (TPSA) is 81.4 Å². The molecule has 0 unspecified atom stereocenters. The second kappa shape index (κ2) is 10.0. The maximum absolute atomic E-state index is 11.8. The summed E-state index contributed by atoms with van der Waals surface area (Å²) >= 11 is 1.50. The molecule has 0 aliphatic carbocycles. The second-order valence-corrected chi connectivity index (χ2v) is 7.78. The lowest BCUT2D eigenvalue weighted by atomic mass is 10.2. The molecule has 0 bridgehead atoms. The lowest BCUT2D eigenvalue weighted by Crippen LogP contribution is -2.28. The van der Waals surface area contributed by atoms with Crippen molar-refractivity contribution in [1.29, 1.82) is 0 Å². The predicted octanol–water partition coefficient (Wildman–Crippen LogP) is 2.10. The molecule has 1 aromatic rings. The summed E-state index contributed by atoms with van der Waals surface area (Å²) in [5.74, 6) is 0.632. The van der Waals surface area contributed by atoms with Crippen molar-refractivity contribution in [3.05, 3.63) is 24.3 Å². The number of nitrogens with two attached hydrogens (primary N) is 1. The van der Waals surface area contributed by atoms with Gasteiger partial charge in [0.2, 0.25) is 10.0 Å². The maximum Gasteiger partial charge on any atom is 0.212 e. The van der Waals surface area contributed by atoms with Crippen LogP contribution < -0.4 is 10.5 Å². The molecule has 120 valence electrons.